The van der Waals surface area contributed by atoms with Crippen molar-refractivity contribution < 1.29 is 19.1 Å². The number of carbonyl (C=O) groups is 2. The molecule has 0 spiro atoms. The minimum atomic E-state index is -0.373. The lowest BCUT2D eigenvalue weighted by Gasteiger charge is -2.28. The molecule has 4 heterocycles. The monoisotopic (exact) mass is 562 g/mol. The number of para-hydroxylation sites is 1. The molecule has 212 valence electrons. The van der Waals surface area contributed by atoms with E-state index in [0.29, 0.717) is 18.8 Å². The molecule has 3 aromatic heterocycles. The number of hydrogen-bond acceptors (Lipinski definition) is 8. The average Bonchev–Trinajstić information content (AvgIpc) is 3.42. The highest BCUT2D eigenvalue weighted by Gasteiger charge is 2.21. The topological polar surface area (TPSA) is 111 Å². The molecule has 1 amide bonds. The van der Waals surface area contributed by atoms with Gasteiger partial charge in [-0.25, -0.2) is 14.5 Å². The van der Waals surface area contributed by atoms with Crippen LogP contribution in [0.15, 0.2) is 72.9 Å². The Hall–Kier alpha value is -5.09. The van der Waals surface area contributed by atoms with Crippen LogP contribution in [0.5, 0.6) is 0 Å². The number of imidazole rings is 1. The third-order valence-electron chi connectivity index (χ3n) is 7.17. The van der Waals surface area contributed by atoms with Gasteiger partial charge in [0.1, 0.15) is 5.69 Å². The fraction of sp³-hybridized carbons (Fsp3) is 0.219. The normalized spacial score (nSPS) is 13.6. The standard InChI is InChI=1S/C32H30N6O4/c1-41-29(39)15-16-33-32(40)24-8-6-23(7-9-24)30-27(13-12-25-11-10-22-4-2-3-5-26(22)35-25)36-31-28(14-17-34-38(30)31)37-18-20-42-21-19-37/h2-14,17H,15-16,18-21H2,1H3,(H,33,40). The molecule has 2 aromatic carbocycles. The van der Waals surface area contributed by atoms with Crippen molar-refractivity contribution in [2.24, 2.45) is 0 Å². The Kier molecular flexibility index (Phi) is 7.87. The summed E-state index contributed by atoms with van der Waals surface area (Å²) in [6, 6.07) is 21.3. The molecule has 5 aromatic rings. The molecule has 10 nitrogen and oxygen atoms in total. The molecule has 0 unspecified atom stereocenters. The average molecular weight is 563 g/mol. The van der Waals surface area contributed by atoms with Crippen LogP contribution in [0.4, 0.5) is 5.69 Å². The molecule has 1 aliphatic rings. The summed E-state index contributed by atoms with van der Waals surface area (Å²) in [6.07, 6.45) is 5.80. The Morgan fingerprint density at radius 2 is 1.79 bits per heavy atom. The Morgan fingerprint density at radius 1 is 0.976 bits per heavy atom. The number of pyridine rings is 1. The molecular formula is C32H30N6O4. The summed E-state index contributed by atoms with van der Waals surface area (Å²) in [5, 5.41) is 8.51. The molecule has 0 radical (unpaired) electrons. The number of amides is 1. The van der Waals surface area contributed by atoms with Gasteiger partial charge in [0.15, 0.2) is 5.65 Å². The molecule has 1 aliphatic heterocycles. The number of aromatic nitrogens is 4. The van der Waals surface area contributed by atoms with Gasteiger partial charge < -0.3 is 19.7 Å². The number of hydrogen-bond donors (Lipinski definition) is 1. The summed E-state index contributed by atoms with van der Waals surface area (Å²) in [7, 11) is 1.32. The van der Waals surface area contributed by atoms with E-state index in [1.807, 2.05) is 65.2 Å². The van der Waals surface area contributed by atoms with Crippen LogP contribution in [0.3, 0.4) is 0 Å². The summed E-state index contributed by atoms with van der Waals surface area (Å²) >= 11 is 0. The lowest BCUT2D eigenvalue weighted by atomic mass is 10.1. The maximum atomic E-state index is 12.6. The van der Waals surface area contributed by atoms with Gasteiger partial charge in [-0.3, -0.25) is 9.59 Å². The molecule has 1 N–H and O–H groups in total. The molecular weight excluding hydrogens is 532 g/mol. The molecule has 10 heteroatoms. The van der Waals surface area contributed by atoms with E-state index in [4.69, 9.17) is 14.7 Å². The number of ether oxygens (including phenoxy) is 2. The molecule has 0 bridgehead atoms. The van der Waals surface area contributed by atoms with Crippen LogP contribution in [0, 0.1) is 0 Å². The number of benzene rings is 2. The van der Waals surface area contributed by atoms with E-state index in [0.717, 1.165) is 58.0 Å². The first kappa shape index (κ1) is 27.1. The number of morpholine rings is 1. The molecule has 1 fully saturated rings. The second kappa shape index (κ2) is 12.2. The number of nitrogens with one attached hydrogen (secondary N) is 1. The lowest BCUT2D eigenvalue weighted by molar-refractivity contribution is -0.140. The number of esters is 1. The first-order valence-corrected chi connectivity index (χ1v) is 13.8. The number of methoxy groups -OCH3 is 1. The summed E-state index contributed by atoms with van der Waals surface area (Å²) < 4.78 is 12.0. The number of anilines is 1. The van der Waals surface area contributed by atoms with Crippen molar-refractivity contribution in [1.82, 2.24) is 24.9 Å². The second-order valence-electron chi connectivity index (χ2n) is 9.82. The largest absolute Gasteiger partial charge is 0.469 e. The number of fused-ring (bicyclic) bond motifs is 2. The van der Waals surface area contributed by atoms with Crippen LogP contribution >= 0.6 is 0 Å². The van der Waals surface area contributed by atoms with E-state index >= 15 is 0 Å². The van der Waals surface area contributed by atoms with Crippen molar-refractivity contribution in [3.8, 4) is 11.3 Å². The second-order valence-corrected chi connectivity index (χ2v) is 9.82. The highest BCUT2D eigenvalue weighted by atomic mass is 16.5. The Bertz CT molecular complexity index is 1770. The van der Waals surface area contributed by atoms with Crippen molar-refractivity contribution in [3.05, 3.63) is 89.9 Å². The molecule has 42 heavy (non-hydrogen) atoms. The number of rotatable bonds is 8. The van der Waals surface area contributed by atoms with E-state index in [-0.39, 0.29) is 24.8 Å². The molecule has 0 aliphatic carbocycles. The van der Waals surface area contributed by atoms with E-state index in [1.165, 1.54) is 7.11 Å². The zero-order valence-corrected chi connectivity index (χ0v) is 23.2. The fourth-order valence-corrected chi connectivity index (χ4v) is 4.99. The van der Waals surface area contributed by atoms with Gasteiger partial charge in [0.25, 0.3) is 5.91 Å². The molecule has 0 atom stereocenters. The van der Waals surface area contributed by atoms with Gasteiger partial charge in [-0.1, -0.05) is 36.4 Å². The van der Waals surface area contributed by atoms with Crippen molar-refractivity contribution in [2.45, 2.75) is 6.42 Å². The predicted molar refractivity (Wildman–Crippen MR) is 161 cm³/mol. The van der Waals surface area contributed by atoms with E-state index in [9.17, 15) is 9.59 Å². The van der Waals surface area contributed by atoms with Gasteiger partial charge in [0, 0.05) is 36.1 Å². The first-order valence-electron chi connectivity index (χ1n) is 13.8. The molecule has 6 rings (SSSR count). The zero-order valence-electron chi connectivity index (χ0n) is 23.2. The third kappa shape index (κ3) is 5.70. The first-order chi connectivity index (χ1) is 20.6. The van der Waals surface area contributed by atoms with E-state index in [1.54, 1.807) is 18.3 Å². The van der Waals surface area contributed by atoms with E-state index < -0.39 is 0 Å². The molecule has 1 saturated heterocycles. The summed E-state index contributed by atoms with van der Waals surface area (Å²) in [6.45, 7) is 3.06. The fourth-order valence-electron chi connectivity index (χ4n) is 4.99. The van der Waals surface area contributed by atoms with Crippen LogP contribution in [-0.4, -0.2) is 71.4 Å². The minimum Gasteiger partial charge on any atom is -0.469 e. The van der Waals surface area contributed by atoms with Gasteiger partial charge in [-0.15, -0.1) is 0 Å². The van der Waals surface area contributed by atoms with Crippen LogP contribution < -0.4 is 10.2 Å². The van der Waals surface area contributed by atoms with Crippen LogP contribution in [0.2, 0.25) is 0 Å². The van der Waals surface area contributed by atoms with Crippen LogP contribution in [0.25, 0.3) is 40.0 Å². The zero-order chi connectivity index (χ0) is 28.9. The maximum absolute atomic E-state index is 12.6. The highest BCUT2D eigenvalue weighted by molar-refractivity contribution is 5.95. The minimum absolute atomic E-state index is 0.112. The number of carbonyl (C=O) groups excluding carboxylic acids is 2. The van der Waals surface area contributed by atoms with Crippen LogP contribution in [-0.2, 0) is 14.3 Å². The number of nitrogens with zero attached hydrogens (tertiary/aromatic N) is 5. The van der Waals surface area contributed by atoms with Crippen molar-refractivity contribution in [2.75, 3.05) is 44.9 Å². The molecule has 0 saturated carbocycles. The summed E-state index contributed by atoms with van der Waals surface area (Å²) in [5.74, 6) is -0.638. The third-order valence-corrected chi connectivity index (χ3v) is 7.17. The maximum Gasteiger partial charge on any atom is 0.307 e. The van der Waals surface area contributed by atoms with Gasteiger partial charge in [-0.05, 0) is 42.5 Å². The van der Waals surface area contributed by atoms with Gasteiger partial charge in [0.05, 0.1) is 55.5 Å². The summed E-state index contributed by atoms with van der Waals surface area (Å²) in [5.41, 5.74) is 6.33. The van der Waals surface area contributed by atoms with Crippen molar-refractivity contribution in [1.29, 1.82) is 0 Å². The Morgan fingerprint density at radius 3 is 2.60 bits per heavy atom. The van der Waals surface area contributed by atoms with Crippen molar-refractivity contribution in [3.63, 3.8) is 0 Å². The predicted octanol–water partition coefficient (Wildman–Crippen LogP) is 4.24. The van der Waals surface area contributed by atoms with Gasteiger partial charge in [-0.2, -0.15) is 5.10 Å². The quantitative estimate of drug-likeness (QED) is 0.280. The van der Waals surface area contributed by atoms with E-state index in [2.05, 4.69) is 26.1 Å². The summed E-state index contributed by atoms with van der Waals surface area (Å²) in [4.78, 5) is 36.1. The Balaban J connectivity index is 1.36. The van der Waals surface area contributed by atoms with Gasteiger partial charge in [0.2, 0.25) is 0 Å². The lowest BCUT2D eigenvalue weighted by Crippen LogP contribution is -2.36. The van der Waals surface area contributed by atoms with Crippen LogP contribution in [0.1, 0.15) is 28.2 Å². The van der Waals surface area contributed by atoms with Gasteiger partial charge >= 0.3 is 5.97 Å². The highest BCUT2D eigenvalue weighted by Crippen LogP contribution is 2.31. The Labute approximate surface area is 242 Å². The SMILES string of the molecule is COC(=O)CCNC(=O)c1ccc(-c2c(C=Cc3ccc4ccccc4n3)nc3c(N4CCOCC4)ccnn23)cc1. The smallest absolute Gasteiger partial charge is 0.307 e. The van der Waals surface area contributed by atoms with Crippen molar-refractivity contribution >= 4 is 46.3 Å².